The van der Waals surface area contributed by atoms with E-state index in [1.54, 1.807) is 0 Å². The van der Waals surface area contributed by atoms with Gasteiger partial charge in [0.2, 0.25) is 0 Å². The molecule has 0 aromatic carbocycles. The predicted molar refractivity (Wildman–Crippen MR) is 20.2 cm³/mol. The minimum Gasteiger partial charge on any atom is -0.412 e. The van der Waals surface area contributed by atoms with E-state index in [0.29, 0.717) is 0 Å². The Morgan fingerprint density at radius 2 is 0.500 bits per heavy atom. The summed E-state index contributed by atoms with van der Waals surface area (Å²) in [6.07, 6.45) is 0. The molecule has 0 saturated heterocycles. The molecule has 0 fully saturated rings. The van der Waals surface area contributed by atoms with Crippen molar-refractivity contribution in [2.24, 2.45) is 0 Å². The molecule has 0 aliphatic heterocycles. The normalized spacial score (nSPS) is 0. The van der Waals surface area contributed by atoms with E-state index in [9.17, 15) is 0 Å². The van der Waals surface area contributed by atoms with Gasteiger partial charge in [-0.1, -0.05) is 0 Å². The summed E-state index contributed by atoms with van der Waals surface area (Å²) in [7, 11) is 0. The molecule has 0 aromatic rings. The van der Waals surface area contributed by atoms with Gasteiger partial charge in [-0.3, -0.25) is 0 Å². The Morgan fingerprint density at radius 1 is 0.500 bits per heavy atom. The first-order valence-corrected chi connectivity index (χ1v) is 0. The van der Waals surface area contributed by atoms with Crippen LogP contribution in [0.1, 0.15) is 0 Å². The van der Waals surface area contributed by atoms with Gasteiger partial charge in [-0.05, 0) is 0 Å². The summed E-state index contributed by atoms with van der Waals surface area (Å²) in [6.45, 7) is 0. The monoisotopic (exact) mass is 296 g/mol. The van der Waals surface area contributed by atoms with Crippen molar-refractivity contribution in [2.75, 3.05) is 0 Å². The molecule has 4 nitrogen and oxygen atoms in total. The number of rotatable bonds is 0. The number of hydrogen-bond donors (Lipinski definition) is 0. The summed E-state index contributed by atoms with van der Waals surface area (Å²) in [5, 5.41) is 0. The first kappa shape index (κ1) is 112. The van der Waals surface area contributed by atoms with Gasteiger partial charge in [0.15, 0.2) is 0 Å². The fourth-order valence-corrected chi connectivity index (χ4v) is 0. The van der Waals surface area contributed by atoms with Crippen LogP contribution in [-0.4, -0.2) is 59.6 Å². The van der Waals surface area contributed by atoms with Crippen molar-refractivity contribution in [3.63, 3.8) is 0 Å². The Hall–Kier alpha value is 1.79. The maximum Gasteiger partial charge on any atom is 2.00 e. The number of hydrogen-bond acceptors (Lipinski definition) is 0. The fourth-order valence-electron chi connectivity index (χ4n) is 0. The van der Waals surface area contributed by atoms with Gasteiger partial charge >= 0.3 is 37.7 Å². The summed E-state index contributed by atoms with van der Waals surface area (Å²) >= 11 is 0. The molecule has 0 bridgehead atoms. The Morgan fingerprint density at radius 3 is 0.500 bits per heavy atom. The molecule has 38 valence electrons. The van der Waals surface area contributed by atoms with Gasteiger partial charge in [0.05, 0.1) is 0 Å². The van der Waals surface area contributed by atoms with Crippen LogP contribution in [0.2, 0.25) is 0 Å². The van der Waals surface area contributed by atoms with E-state index in [-0.39, 0.29) is 80.7 Å². The van der Waals surface area contributed by atoms with Crippen LogP contribution in [0.15, 0.2) is 0 Å². The van der Waals surface area contributed by atoms with E-state index in [1.807, 2.05) is 0 Å². The summed E-state index contributed by atoms with van der Waals surface area (Å²) in [5.41, 5.74) is 0. The van der Waals surface area contributed by atoms with Crippen LogP contribution in [0.3, 0.4) is 0 Å². The molecule has 0 radical (unpaired) electrons. The van der Waals surface area contributed by atoms with Crippen molar-refractivity contribution in [3.05, 3.63) is 0 Å². The average molecular weight is 296 g/mol. The summed E-state index contributed by atoms with van der Waals surface area (Å²) < 4.78 is 0. The van der Waals surface area contributed by atoms with Gasteiger partial charge in [0, 0.05) is 21.1 Å². The second-order valence-corrected chi connectivity index (χ2v) is 0. The molecular formula is H8CaO4W+2. The molecule has 6 heteroatoms. The zero-order valence-corrected chi connectivity index (χ0v) is 8.26. The minimum atomic E-state index is 0. The van der Waals surface area contributed by atoms with E-state index >= 15 is 0 Å². The van der Waals surface area contributed by atoms with Crippen molar-refractivity contribution in [1.82, 2.24) is 0 Å². The second-order valence-electron chi connectivity index (χ2n) is 0. The molecule has 0 saturated carbocycles. The maximum atomic E-state index is 0. The molecule has 8 N–H and O–H groups in total. The first-order chi connectivity index (χ1) is 0. The third-order valence-electron chi connectivity index (χ3n) is 0. The zero-order chi connectivity index (χ0) is 0. The summed E-state index contributed by atoms with van der Waals surface area (Å²) in [6, 6.07) is 0. The van der Waals surface area contributed by atoms with Crippen LogP contribution < -0.4 is 0 Å². The van der Waals surface area contributed by atoms with Crippen LogP contribution in [0.25, 0.3) is 0 Å². The molecule has 0 aliphatic carbocycles. The Labute approximate surface area is 79.8 Å². The molecule has 0 spiro atoms. The third kappa shape index (κ3) is 41.5. The molecule has 6 heavy (non-hydrogen) atoms. The average Bonchev–Trinajstić information content (AvgIpc) is 0. The van der Waals surface area contributed by atoms with E-state index in [1.165, 1.54) is 0 Å². The fraction of sp³-hybridized carbons (Fsp3) is 0. The van der Waals surface area contributed by atoms with Crippen molar-refractivity contribution in [2.45, 2.75) is 0 Å². The molecule has 0 aliphatic rings. The molecule has 0 amide bonds. The minimum absolute atomic E-state index is 0. The second kappa shape index (κ2) is 71.1. The van der Waals surface area contributed by atoms with Crippen molar-refractivity contribution < 1.29 is 43.0 Å². The van der Waals surface area contributed by atoms with Crippen LogP contribution >= 0.6 is 0 Å². The molecule has 0 heterocycles. The summed E-state index contributed by atoms with van der Waals surface area (Å²) in [4.78, 5) is 0. The van der Waals surface area contributed by atoms with Gasteiger partial charge in [0.1, 0.15) is 0 Å². The van der Waals surface area contributed by atoms with Gasteiger partial charge in [-0.15, -0.1) is 0 Å². The van der Waals surface area contributed by atoms with E-state index in [2.05, 4.69) is 0 Å². The predicted octanol–water partition coefficient (Wildman–Crippen LogP) is -3.68. The van der Waals surface area contributed by atoms with Crippen molar-refractivity contribution in [1.29, 1.82) is 0 Å². The van der Waals surface area contributed by atoms with Crippen LogP contribution in [0.4, 0.5) is 0 Å². The molecular weight excluding hydrogens is 288 g/mol. The van der Waals surface area contributed by atoms with E-state index in [4.69, 9.17) is 0 Å². The van der Waals surface area contributed by atoms with Gasteiger partial charge in [-0.25, -0.2) is 0 Å². The van der Waals surface area contributed by atoms with Crippen LogP contribution in [-0.2, 0) is 21.1 Å². The SMILES string of the molecule is O.O.O.O.[Ca+2].[W]. The van der Waals surface area contributed by atoms with Crippen LogP contribution in [0, 0.1) is 0 Å². The smallest absolute Gasteiger partial charge is 0.412 e. The Kier molecular flexibility index (Phi) is 1330. The van der Waals surface area contributed by atoms with Gasteiger partial charge in [-0.2, -0.15) is 0 Å². The van der Waals surface area contributed by atoms with Crippen molar-refractivity contribution >= 4 is 37.7 Å². The van der Waals surface area contributed by atoms with Crippen molar-refractivity contribution in [3.8, 4) is 0 Å². The quantitative estimate of drug-likeness (QED) is 0.408. The first-order valence-electron chi connectivity index (χ1n) is 0. The van der Waals surface area contributed by atoms with E-state index < -0.39 is 0 Å². The molecule has 0 unspecified atom stereocenters. The third-order valence-corrected chi connectivity index (χ3v) is 0. The topological polar surface area (TPSA) is 126 Å². The van der Waals surface area contributed by atoms with E-state index in [0.717, 1.165) is 0 Å². The largest absolute Gasteiger partial charge is 2.00 e. The molecule has 0 aromatic heterocycles. The molecule has 0 atom stereocenters. The summed E-state index contributed by atoms with van der Waals surface area (Å²) in [5.74, 6) is 0. The van der Waals surface area contributed by atoms with Gasteiger partial charge < -0.3 is 21.9 Å². The van der Waals surface area contributed by atoms with Gasteiger partial charge in [0.25, 0.3) is 0 Å². The molecule has 0 rings (SSSR count). The zero-order valence-electron chi connectivity index (χ0n) is 3.12. The standard InChI is InChI=1S/Ca.4H2O.W/h;4*1H2;/q+2;;;;;. The Bertz CT molecular complexity index is 7.51. The maximum absolute atomic E-state index is 0. The van der Waals surface area contributed by atoms with Crippen LogP contribution in [0.5, 0.6) is 0 Å². The Balaban J connectivity index is 0.